The third kappa shape index (κ3) is 5.94. The Morgan fingerprint density at radius 2 is 2.15 bits per heavy atom. The molecule has 0 spiro atoms. The summed E-state index contributed by atoms with van der Waals surface area (Å²) in [6.07, 6.45) is 3.16. The van der Waals surface area contributed by atoms with Gasteiger partial charge in [0.2, 0.25) is 0 Å². The molecule has 0 bridgehead atoms. The van der Waals surface area contributed by atoms with Crippen molar-refractivity contribution < 1.29 is 14.4 Å². The largest absolute Gasteiger partial charge is 0.382 e. The van der Waals surface area contributed by atoms with Gasteiger partial charge in [-0.05, 0) is 25.3 Å². The molecule has 0 amide bonds. The van der Waals surface area contributed by atoms with Crippen molar-refractivity contribution >= 4 is 11.5 Å². The van der Waals surface area contributed by atoms with E-state index in [1.165, 1.54) is 12.3 Å². The lowest BCUT2D eigenvalue weighted by atomic mass is 10.2. The fourth-order valence-electron chi connectivity index (χ4n) is 1.63. The summed E-state index contributed by atoms with van der Waals surface area (Å²) in [4.78, 5) is 14.2. The molecular weight excluding hydrogens is 262 g/mol. The van der Waals surface area contributed by atoms with E-state index in [-0.39, 0.29) is 5.69 Å². The van der Waals surface area contributed by atoms with Crippen LogP contribution in [0.4, 0.5) is 11.5 Å². The summed E-state index contributed by atoms with van der Waals surface area (Å²) in [5.74, 6) is 0.691. The van der Waals surface area contributed by atoms with E-state index in [1.807, 2.05) is 0 Å². The van der Waals surface area contributed by atoms with Crippen LogP contribution < -0.4 is 5.32 Å². The molecular formula is C13H21N3O4. The zero-order chi connectivity index (χ0) is 14.8. The van der Waals surface area contributed by atoms with Gasteiger partial charge in [-0.25, -0.2) is 4.98 Å². The van der Waals surface area contributed by atoms with Gasteiger partial charge in [-0.15, -0.1) is 0 Å². The van der Waals surface area contributed by atoms with E-state index < -0.39 is 4.92 Å². The summed E-state index contributed by atoms with van der Waals surface area (Å²) in [5.41, 5.74) is 0.787. The van der Waals surface area contributed by atoms with Crippen molar-refractivity contribution in [3.8, 4) is 0 Å². The van der Waals surface area contributed by atoms with Crippen molar-refractivity contribution in [1.29, 1.82) is 0 Å². The van der Waals surface area contributed by atoms with Crippen LogP contribution in [0.25, 0.3) is 0 Å². The fourth-order valence-corrected chi connectivity index (χ4v) is 1.63. The van der Waals surface area contributed by atoms with Gasteiger partial charge in [-0.1, -0.05) is 0 Å². The first-order valence-corrected chi connectivity index (χ1v) is 6.56. The SMILES string of the molecule is COCCOCCCCNc1ncc([N+](=O)[O-])cc1C. The van der Waals surface area contributed by atoms with Crippen LogP contribution in [0, 0.1) is 17.0 Å². The lowest BCUT2D eigenvalue weighted by Gasteiger charge is -2.08. The molecule has 0 aromatic carbocycles. The maximum Gasteiger partial charge on any atom is 0.287 e. The third-order valence-corrected chi connectivity index (χ3v) is 2.71. The van der Waals surface area contributed by atoms with Crippen LogP contribution in [0.1, 0.15) is 18.4 Å². The summed E-state index contributed by atoms with van der Waals surface area (Å²) in [6.45, 7) is 4.50. The lowest BCUT2D eigenvalue weighted by molar-refractivity contribution is -0.385. The number of hydrogen-bond donors (Lipinski definition) is 1. The summed E-state index contributed by atoms with van der Waals surface area (Å²) < 4.78 is 10.2. The number of rotatable bonds is 10. The molecule has 0 saturated heterocycles. The molecule has 0 atom stereocenters. The highest BCUT2D eigenvalue weighted by molar-refractivity contribution is 5.48. The van der Waals surface area contributed by atoms with Gasteiger partial charge in [-0.2, -0.15) is 0 Å². The van der Waals surface area contributed by atoms with Gasteiger partial charge in [0.25, 0.3) is 5.69 Å². The minimum Gasteiger partial charge on any atom is -0.382 e. The Morgan fingerprint density at radius 3 is 2.80 bits per heavy atom. The minimum atomic E-state index is -0.443. The monoisotopic (exact) mass is 283 g/mol. The van der Waals surface area contributed by atoms with E-state index in [0.717, 1.165) is 24.9 Å². The van der Waals surface area contributed by atoms with Gasteiger partial charge >= 0.3 is 0 Å². The maximum atomic E-state index is 10.6. The number of aromatic nitrogens is 1. The second-order valence-corrected chi connectivity index (χ2v) is 4.36. The first-order chi connectivity index (χ1) is 9.65. The molecule has 0 aliphatic rings. The molecule has 1 N–H and O–H groups in total. The van der Waals surface area contributed by atoms with Gasteiger partial charge < -0.3 is 14.8 Å². The number of pyridine rings is 1. The van der Waals surface area contributed by atoms with Crippen molar-refractivity contribution in [3.05, 3.63) is 27.9 Å². The zero-order valence-corrected chi connectivity index (χ0v) is 11.9. The zero-order valence-electron chi connectivity index (χ0n) is 11.9. The molecule has 0 aliphatic heterocycles. The van der Waals surface area contributed by atoms with Crippen LogP contribution in [0.2, 0.25) is 0 Å². The van der Waals surface area contributed by atoms with Crippen LogP contribution in [-0.2, 0) is 9.47 Å². The standard InChI is InChI=1S/C13H21N3O4/c1-11-9-12(16(17)18)10-15-13(11)14-5-3-4-6-20-8-7-19-2/h9-10H,3-8H2,1-2H3,(H,14,15). The number of anilines is 1. The van der Waals surface area contributed by atoms with Crippen molar-refractivity contribution in [3.63, 3.8) is 0 Å². The normalized spacial score (nSPS) is 10.5. The molecule has 0 radical (unpaired) electrons. The number of nitrogens with one attached hydrogen (secondary N) is 1. The van der Waals surface area contributed by atoms with Crippen LogP contribution in [0.3, 0.4) is 0 Å². The average Bonchev–Trinajstić information content (AvgIpc) is 2.43. The van der Waals surface area contributed by atoms with E-state index in [4.69, 9.17) is 9.47 Å². The fraction of sp³-hybridized carbons (Fsp3) is 0.615. The first kappa shape index (κ1) is 16.3. The van der Waals surface area contributed by atoms with E-state index >= 15 is 0 Å². The van der Waals surface area contributed by atoms with Crippen molar-refractivity contribution in [2.75, 3.05) is 38.8 Å². The van der Waals surface area contributed by atoms with Gasteiger partial charge in [-0.3, -0.25) is 10.1 Å². The summed E-state index contributed by atoms with van der Waals surface area (Å²) in [7, 11) is 1.65. The number of nitro groups is 1. The molecule has 20 heavy (non-hydrogen) atoms. The second-order valence-electron chi connectivity index (χ2n) is 4.36. The lowest BCUT2D eigenvalue weighted by Crippen LogP contribution is -2.08. The Labute approximate surface area is 118 Å². The van der Waals surface area contributed by atoms with Crippen LogP contribution >= 0.6 is 0 Å². The minimum absolute atomic E-state index is 0.0135. The smallest absolute Gasteiger partial charge is 0.287 e. The van der Waals surface area contributed by atoms with Crippen molar-refractivity contribution in [2.24, 2.45) is 0 Å². The highest BCUT2D eigenvalue weighted by atomic mass is 16.6. The average molecular weight is 283 g/mol. The van der Waals surface area contributed by atoms with Gasteiger partial charge in [0.15, 0.2) is 0 Å². The molecule has 1 rings (SSSR count). The first-order valence-electron chi connectivity index (χ1n) is 6.56. The van der Waals surface area contributed by atoms with Crippen molar-refractivity contribution in [2.45, 2.75) is 19.8 Å². The predicted molar refractivity (Wildman–Crippen MR) is 76.0 cm³/mol. The van der Waals surface area contributed by atoms with E-state index in [0.29, 0.717) is 25.6 Å². The number of aryl methyl sites for hydroxylation is 1. The molecule has 1 aromatic heterocycles. The Morgan fingerprint density at radius 1 is 1.35 bits per heavy atom. The topological polar surface area (TPSA) is 86.5 Å². The third-order valence-electron chi connectivity index (χ3n) is 2.71. The Bertz CT molecular complexity index is 426. The molecule has 0 fully saturated rings. The molecule has 1 aromatic rings. The number of ether oxygens (including phenoxy) is 2. The Balaban J connectivity index is 2.20. The van der Waals surface area contributed by atoms with Crippen molar-refractivity contribution in [1.82, 2.24) is 4.98 Å². The van der Waals surface area contributed by atoms with Crippen LogP contribution in [0.5, 0.6) is 0 Å². The maximum absolute atomic E-state index is 10.6. The van der Waals surface area contributed by atoms with Gasteiger partial charge in [0, 0.05) is 26.3 Å². The van der Waals surface area contributed by atoms with E-state index in [2.05, 4.69) is 10.3 Å². The Kier molecular flexibility index (Phi) is 7.52. The summed E-state index contributed by atoms with van der Waals surface area (Å²) in [6, 6.07) is 1.52. The van der Waals surface area contributed by atoms with E-state index in [1.54, 1.807) is 14.0 Å². The molecule has 0 saturated carbocycles. The second kappa shape index (κ2) is 9.22. The molecule has 7 nitrogen and oxygen atoms in total. The molecule has 0 aliphatic carbocycles. The van der Waals surface area contributed by atoms with Gasteiger partial charge in [0.1, 0.15) is 12.0 Å². The van der Waals surface area contributed by atoms with Crippen LogP contribution in [0.15, 0.2) is 12.3 Å². The van der Waals surface area contributed by atoms with Crippen LogP contribution in [-0.4, -0.2) is 43.4 Å². The number of hydrogen-bond acceptors (Lipinski definition) is 6. The Hall–Kier alpha value is -1.73. The molecule has 7 heteroatoms. The predicted octanol–water partition coefficient (Wildman–Crippen LogP) is 2.15. The van der Waals surface area contributed by atoms with Gasteiger partial charge in [0.05, 0.1) is 18.1 Å². The quantitative estimate of drug-likeness (QED) is 0.402. The highest BCUT2D eigenvalue weighted by Gasteiger charge is 2.08. The number of unbranched alkanes of at least 4 members (excludes halogenated alkanes) is 1. The summed E-state index contributed by atoms with van der Waals surface area (Å²) in [5, 5.41) is 13.8. The summed E-state index contributed by atoms with van der Waals surface area (Å²) >= 11 is 0. The number of methoxy groups -OCH3 is 1. The molecule has 112 valence electrons. The molecule has 1 heterocycles. The highest BCUT2D eigenvalue weighted by Crippen LogP contribution is 2.17. The number of nitrogens with zero attached hydrogens (tertiary/aromatic N) is 2. The molecule has 0 unspecified atom stereocenters. The van der Waals surface area contributed by atoms with E-state index in [9.17, 15) is 10.1 Å².